The predicted molar refractivity (Wildman–Crippen MR) is 141 cm³/mol. The van der Waals surface area contributed by atoms with Crippen molar-refractivity contribution in [3.63, 3.8) is 0 Å². The first-order valence-electron chi connectivity index (χ1n) is 12.1. The normalized spacial score (nSPS) is 13.7. The van der Waals surface area contributed by atoms with Crippen LogP contribution in [0.3, 0.4) is 0 Å². The van der Waals surface area contributed by atoms with Crippen LogP contribution in [0.1, 0.15) is 35.7 Å². The van der Waals surface area contributed by atoms with E-state index in [4.69, 9.17) is 13.8 Å². The van der Waals surface area contributed by atoms with E-state index in [9.17, 15) is 14.5 Å². The SMILES string of the molecule is CCCN(CC(O)COc1ccccc1C(=O)CCc1ccccc1)P(=O)(OC)Oc1ccccc1. The molecule has 7 nitrogen and oxygen atoms in total. The molecule has 0 bridgehead atoms. The first kappa shape index (κ1) is 27.6. The molecule has 0 aliphatic heterocycles. The van der Waals surface area contributed by atoms with Gasteiger partial charge in [0, 0.05) is 26.6 Å². The van der Waals surface area contributed by atoms with Crippen LogP contribution in [0.5, 0.6) is 11.5 Å². The topological polar surface area (TPSA) is 85.3 Å². The highest BCUT2D eigenvalue weighted by Gasteiger charge is 2.35. The Bertz CT molecular complexity index is 1130. The Kier molecular flexibility index (Phi) is 10.7. The monoisotopic (exact) mass is 511 g/mol. The third-order valence-electron chi connectivity index (χ3n) is 5.55. The fourth-order valence-electron chi connectivity index (χ4n) is 3.74. The lowest BCUT2D eigenvalue weighted by atomic mass is 10.0. The van der Waals surface area contributed by atoms with Gasteiger partial charge in [0.15, 0.2) is 5.78 Å². The van der Waals surface area contributed by atoms with E-state index in [2.05, 4.69) is 0 Å². The van der Waals surface area contributed by atoms with Crippen LogP contribution in [0.25, 0.3) is 0 Å². The molecule has 3 rings (SSSR count). The summed E-state index contributed by atoms with van der Waals surface area (Å²) in [5.41, 5.74) is 1.57. The molecular formula is C28H34NO6P. The number of hydrogen-bond acceptors (Lipinski definition) is 6. The number of para-hydroxylation sites is 2. The zero-order chi connectivity index (χ0) is 25.8. The van der Waals surface area contributed by atoms with Crippen LogP contribution in [0.2, 0.25) is 0 Å². The molecule has 0 saturated carbocycles. The average molecular weight is 512 g/mol. The maximum atomic E-state index is 13.5. The number of Topliss-reactive ketones (excluding diaryl/α,β-unsaturated/α-hetero) is 1. The lowest BCUT2D eigenvalue weighted by Crippen LogP contribution is -2.35. The largest absolute Gasteiger partial charge is 0.490 e. The van der Waals surface area contributed by atoms with Crippen LogP contribution in [-0.4, -0.2) is 48.5 Å². The number of nitrogens with zero attached hydrogens (tertiary/aromatic N) is 1. The number of carbonyl (C=O) groups is 1. The molecule has 36 heavy (non-hydrogen) atoms. The second kappa shape index (κ2) is 14.0. The zero-order valence-corrected chi connectivity index (χ0v) is 21.7. The second-order valence-electron chi connectivity index (χ2n) is 8.34. The van der Waals surface area contributed by atoms with Gasteiger partial charge in [-0.1, -0.05) is 67.6 Å². The first-order valence-corrected chi connectivity index (χ1v) is 13.6. The van der Waals surface area contributed by atoms with Crippen molar-refractivity contribution in [3.05, 3.63) is 96.1 Å². The molecule has 2 atom stereocenters. The van der Waals surface area contributed by atoms with Crippen molar-refractivity contribution in [2.75, 3.05) is 26.8 Å². The van der Waals surface area contributed by atoms with Gasteiger partial charge in [-0.2, -0.15) is 4.67 Å². The van der Waals surface area contributed by atoms with Gasteiger partial charge in [-0.25, -0.2) is 4.57 Å². The minimum atomic E-state index is -3.70. The first-order chi connectivity index (χ1) is 17.4. The van der Waals surface area contributed by atoms with Gasteiger partial charge < -0.3 is 14.4 Å². The molecule has 0 radical (unpaired) electrons. The van der Waals surface area contributed by atoms with E-state index < -0.39 is 13.9 Å². The number of hydrogen-bond donors (Lipinski definition) is 1. The second-order valence-corrected chi connectivity index (χ2v) is 10.4. The molecule has 3 aromatic rings. The van der Waals surface area contributed by atoms with Crippen molar-refractivity contribution in [1.29, 1.82) is 0 Å². The van der Waals surface area contributed by atoms with E-state index in [1.54, 1.807) is 48.5 Å². The summed E-state index contributed by atoms with van der Waals surface area (Å²) in [6, 6.07) is 25.6. The maximum absolute atomic E-state index is 13.5. The molecule has 0 fully saturated rings. The molecular weight excluding hydrogens is 477 g/mol. The highest BCUT2D eigenvalue weighted by Crippen LogP contribution is 2.51. The Labute approximate surface area is 213 Å². The van der Waals surface area contributed by atoms with Crippen molar-refractivity contribution in [2.24, 2.45) is 0 Å². The summed E-state index contributed by atoms with van der Waals surface area (Å²) >= 11 is 0. The molecule has 0 amide bonds. The predicted octanol–water partition coefficient (Wildman–Crippen LogP) is 5.79. The van der Waals surface area contributed by atoms with Crippen molar-refractivity contribution >= 4 is 13.5 Å². The summed E-state index contributed by atoms with van der Waals surface area (Å²) < 4.78 is 31.8. The van der Waals surface area contributed by atoms with Crippen molar-refractivity contribution in [1.82, 2.24) is 4.67 Å². The number of ether oxygens (including phenoxy) is 1. The van der Waals surface area contributed by atoms with E-state index in [0.29, 0.717) is 42.9 Å². The van der Waals surface area contributed by atoms with Crippen LogP contribution in [0.15, 0.2) is 84.9 Å². The number of rotatable bonds is 15. The third kappa shape index (κ3) is 8.04. The zero-order valence-electron chi connectivity index (χ0n) is 20.8. The van der Waals surface area contributed by atoms with Crippen molar-refractivity contribution < 1.29 is 28.3 Å². The molecule has 3 aromatic carbocycles. The maximum Gasteiger partial charge on any atom is 0.461 e. The Morgan fingerprint density at radius 2 is 1.61 bits per heavy atom. The van der Waals surface area contributed by atoms with E-state index in [0.717, 1.165) is 5.56 Å². The van der Waals surface area contributed by atoms with Gasteiger partial charge in [-0.3, -0.25) is 9.32 Å². The van der Waals surface area contributed by atoms with Crippen LogP contribution in [0, 0.1) is 0 Å². The number of benzene rings is 3. The van der Waals surface area contributed by atoms with Crippen LogP contribution in [-0.2, 0) is 15.5 Å². The fourth-order valence-corrected chi connectivity index (χ4v) is 5.38. The third-order valence-corrected chi connectivity index (χ3v) is 7.51. The summed E-state index contributed by atoms with van der Waals surface area (Å²) in [7, 11) is -2.37. The van der Waals surface area contributed by atoms with Crippen LogP contribution >= 0.6 is 7.75 Å². The molecule has 0 heterocycles. The van der Waals surface area contributed by atoms with E-state index >= 15 is 0 Å². The van der Waals surface area contributed by atoms with Gasteiger partial charge >= 0.3 is 7.75 Å². The van der Waals surface area contributed by atoms with Gasteiger partial charge in [0.25, 0.3) is 0 Å². The summed E-state index contributed by atoms with van der Waals surface area (Å²) in [4.78, 5) is 12.9. The van der Waals surface area contributed by atoms with E-state index in [1.807, 2.05) is 43.3 Å². The van der Waals surface area contributed by atoms with E-state index in [-0.39, 0.29) is 18.9 Å². The molecule has 0 aliphatic rings. The van der Waals surface area contributed by atoms with Crippen LogP contribution < -0.4 is 9.26 Å². The number of aliphatic hydroxyl groups excluding tert-OH is 1. The van der Waals surface area contributed by atoms with Crippen LogP contribution in [0.4, 0.5) is 0 Å². The fraction of sp³-hybridized carbons (Fsp3) is 0.321. The lowest BCUT2D eigenvalue weighted by Gasteiger charge is -2.30. The Morgan fingerprint density at radius 3 is 2.28 bits per heavy atom. The summed E-state index contributed by atoms with van der Waals surface area (Å²) in [5.74, 6) is 0.793. The van der Waals surface area contributed by atoms with Crippen molar-refractivity contribution in [3.8, 4) is 11.5 Å². The quantitative estimate of drug-likeness (QED) is 0.204. The van der Waals surface area contributed by atoms with Gasteiger partial charge in [-0.05, 0) is 42.7 Å². The number of aryl methyl sites for hydroxylation is 1. The number of aliphatic hydroxyl groups is 1. The minimum Gasteiger partial charge on any atom is -0.490 e. The van der Waals surface area contributed by atoms with Gasteiger partial charge in [0.05, 0.1) is 5.56 Å². The molecule has 8 heteroatoms. The molecule has 0 aliphatic carbocycles. The molecule has 192 valence electrons. The Hall–Kier alpha value is -2.96. The number of ketones is 1. The van der Waals surface area contributed by atoms with Gasteiger partial charge in [0.2, 0.25) is 0 Å². The Balaban J connectivity index is 1.62. The molecule has 0 saturated heterocycles. The van der Waals surface area contributed by atoms with Gasteiger partial charge in [0.1, 0.15) is 24.2 Å². The molecule has 0 aromatic heterocycles. The lowest BCUT2D eigenvalue weighted by molar-refractivity contribution is 0.0797. The van der Waals surface area contributed by atoms with Crippen molar-refractivity contribution in [2.45, 2.75) is 32.3 Å². The highest BCUT2D eigenvalue weighted by molar-refractivity contribution is 7.51. The smallest absolute Gasteiger partial charge is 0.461 e. The van der Waals surface area contributed by atoms with Gasteiger partial charge in [-0.15, -0.1) is 0 Å². The Morgan fingerprint density at radius 1 is 0.972 bits per heavy atom. The highest BCUT2D eigenvalue weighted by atomic mass is 31.2. The standard InChI is InChI=1S/C28H34NO6P/c1-3-20-29(36(32,33-2)35-25-14-8-5-9-15-25)21-24(30)22-34-28-17-11-10-16-26(28)27(31)19-18-23-12-6-4-7-13-23/h4-17,24,30H,3,18-22H2,1-2H3. The average Bonchev–Trinajstić information content (AvgIpc) is 2.91. The number of carbonyl (C=O) groups excluding carboxylic acids is 1. The summed E-state index contributed by atoms with van der Waals surface area (Å²) in [6.07, 6.45) is 0.672. The minimum absolute atomic E-state index is 0.00983. The molecule has 2 unspecified atom stereocenters. The summed E-state index contributed by atoms with van der Waals surface area (Å²) in [6.45, 7) is 2.26. The molecule has 0 spiro atoms. The molecule has 1 N–H and O–H groups in total. The summed E-state index contributed by atoms with van der Waals surface area (Å²) in [5, 5.41) is 10.7. The van der Waals surface area contributed by atoms with E-state index in [1.165, 1.54) is 11.8 Å².